The number of carbonyl (C=O) groups is 2. The number of anilines is 1. The van der Waals surface area contributed by atoms with E-state index < -0.39 is 0 Å². The van der Waals surface area contributed by atoms with E-state index in [9.17, 15) is 9.59 Å². The van der Waals surface area contributed by atoms with E-state index in [1.807, 2.05) is 0 Å². The second kappa shape index (κ2) is 7.72. The quantitative estimate of drug-likeness (QED) is 0.754. The maximum Gasteiger partial charge on any atom is 0.253 e. The summed E-state index contributed by atoms with van der Waals surface area (Å²) in [6.07, 6.45) is 5.03. The molecule has 2 N–H and O–H groups in total. The lowest BCUT2D eigenvalue weighted by Crippen LogP contribution is -2.26. The molecule has 128 valence electrons. The fourth-order valence-electron chi connectivity index (χ4n) is 2.24. The van der Waals surface area contributed by atoms with E-state index >= 15 is 0 Å². The monoisotopic (exact) mass is 374 g/mol. The van der Waals surface area contributed by atoms with Gasteiger partial charge in [-0.05, 0) is 48.7 Å². The van der Waals surface area contributed by atoms with Gasteiger partial charge in [-0.1, -0.05) is 41.4 Å². The molecule has 4 nitrogen and oxygen atoms in total. The van der Waals surface area contributed by atoms with Gasteiger partial charge in [0.25, 0.3) is 5.91 Å². The fraction of sp³-hybridized carbons (Fsp3) is 0.158. The molecule has 0 aliphatic heterocycles. The number of nitrogens with one attached hydrogen (secondary N) is 2. The average molecular weight is 375 g/mol. The Morgan fingerprint density at radius 1 is 1.04 bits per heavy atom. The van der Waals surface area contributed by atoms with Crippen LogP contribution in [0.4, 0.5) is 5.69 Å². The highest BCUT2D eigenvalue weighted by atomic mass is 35.5. The molecule has 1 saturated carbocycles. The van der Waals surface area contributed by atoms with Gasteiger partial charge in [-0.25, -0.2) is 0 Å². The molecule has 25 heavy (non-hydrogen) atoms. The third-order valence-corrected chi connectivity index (χ3v) is 4.45. The molecule has 3 rings (SSSR count). The predicted molar refractivity (Wildman–Crippen MR) is 101 cm³/mol. The first-order valence-corrected chi connectivity index (χ1v) is 8.62. The number of para-hydroxylation sites is 1. The van der Waals surface area contributed by atoms with Gasteiger partial charge in [0.1, 0.15) is 0 Å². The number of rotatable bonds is 5. The zero-order valence-electron chi connectivity index (χ0n) is 13.3. The van der Waals surface area contributed by atoms with Crippen LogP contribution in [0.15, 0.2) is 48.5 Å². The molecule has 0 saturated heterocycles. The highest BCUT2D eigenvalue weighted by molar-refractivity contribution is 6.42. The van der Waals surface area contributed by atoms with E-state index in [2.05, 4.69) is 10.6 Å². The zero-order valence-corrected chi connectivity index (χ0v) is 14.8. The van der Waals surface area contributed by atoms with Crippen LogP contribution < -0.4 is 10.6 Å². The lowest BCUT2D eigenvalue weighted by molar-refractivity contribution is -0.111. The Hall–Kier alpha value is -2.30. The van der Waals surface area contributed by atoms with E-state index in [0.717, 1.165) is 18.4 Å². The largest absolute Gasteiger partial charge is 0.349 e. The van der Waals surface area contributed by atoms with Crippen LogP contribution in [0, 0.1) is 0 Å². The summed E-state index contributed by atoms with van der Waals surface area (Å²) in [7, 11) is 0. The molecule has 1 aliphatic carbocycles. The summed E-state index contributed by atoms with van der Waals surface area (Å²) in [4.78, 5) is 24.4. The van der Waals surface area contributed by atoms with Gasteiger partial charge in [0.2, 0.25) is 5.91 Å². The minimum absolute atomic E-state index is 0.174. The summed E-state index contributed by atoms with van der Waals surface area (Å²) < 4.78 is 0. The molecule has 2 aromatic rings. The normalized spacial score (nSPS) is 13.7. The van der Waals surface area contributed by atoms with E-state index in [0.29, 0.717) is 21.3 Å². The number of benzene rings is 2. The number of hydrogen-bond donors (Lipinski definition) is 2. The lowest BCUT2D eigenvalue weighted by Gasteiger charge is -2.09. The van der Waals surface area contributed by atoms with E-state index in [1.54, 1.807) is 48.5 Å². The van der Waals surface area contributed by atoms with Crippen LogP contribution in [0.1, 0.15) is 28.8 Å². The topological polar surface area (TPSA) is 58.2 Å². The summed E-state index contributed by atoms with van der Waals surface area (Å²) in [5, 5.41) is 6.53. The molecule has 0 spiro atoms. The maximum atomic E-state index is 12.2. The van der Waals surface area contributed by atoms with Crippen molar-refractivity contribution in [3.05, 3.63) is 69.7 Å². The Balaban J connectivity index is 1.69. The minimum Gasteiger partial charge on any atom is -0.349 e. The number of hydrogen-bond acceptors (Lipinski definition) is 2. The summed E-state index contributed by atoms with van der Waals surface area (Å²) in [5.74, 6) is -0.510. The van der Waals surface area contributed by atoms with Crippen LogP contribution in [0.25, 0.3) is 6.08 Å². The molecule has 1 fully saturated rings. The van der Waals surface area contributed by atoms with Crippen molar-refractivity contribution >= 4 is 46.8 Å². The third kappa shape index (κ3) is 4.84. The van der Waals surface area contributed by atoms with Crippen molar-refractivity contribution in [2.24, 2.45) is 0 Å². The summed E-state index contributed by atoms with van der Waals surface area (Å²) in [5.41, 5.74) is 1.68. The molecule has 0 heterocycles. The average Bonchev–Trinajstić information content (AvgIpc) is 3.40. The van der Waals surface area contributed by atoms with Gasteiger partial charge >= 0.3 is 0 Å². The van der Waals surface area contributed by atoms with Crippen molar-refractivity contribution in [1.82, 2.24) is 5.32 Å². The Morgan fingerprint density at radius 2 is 1.80 bits per heavy atom. The maximum absolute atomic E-state index is 12.2. The highest BCUT2D eigenvalue weighted by Crippen LogP contribution is 2.23. The molecule has 2 amide bonds. The molecular formula is C19H16Cl2N2O2. The second-order valence-corrected chi connectivity index (χ2v) is 6.60. The van der Waals surface area contributed by atoms with Crippen LogP contribution in [-0.4, -0.2) is 17.9 Å². The van der Waals surface area contributed by atoms with Crippen molar-refractivity contribution < 1.29 is 9.59 Å². The van der Waals surface area contributed by atoms with Crippen molar-refractivity contribution in [3.63, 3.8) is 0 Å². The Kier molecular flexibility index (Phi) is 5.41. The summed E-state index contributed by atoms with van der Waals surface area (Å²) in [6, 6.07) is 12.3. The van der Waals surface area contributed by atoms with E-state index in [1.165, 1.54) is 6.08 Å². The number of halogens is 2. The van der Waals surface area contributed by atoms with Gasteiger partial charge in [0.15, 0.2) is 0 Å². The lowest BCUT2D eigenvalue weighted by atomic mass is 10.1. The second-order valence-electron chi connectivity index (χ2n) is 5.79. The van der Waals surface area contributed by atoms with Crippen molar-refractivity contribution in [2.45, 2.75) is 18.9 Å². The van der Waals surface area contributed by atoms with Crippen molar-refractivity contribution in [1.29, 1.82) is 0 Å². The highest BCUT2D eigenvalue weighted by Gasteiger charge is 2.24. The van der Waals surface area contributed by atoms with Crippen molar-refractivity contribution in [3.8, 4) is 0 Å². The van der Waals surface area contributed by atoms with Crippen LogP contribution in [0.5, 0.6) is 0 Å². The first-order valence-electron chi connectivity index (χ1n) is 7.87. The van der Waals surface area contributed by atoms with Gasteiger partial charge in [-0.15, -0.1) is 0 Å². The van der Waals surface area contributed by atoms with E-state index in [-0.39, 0.29) is 17.9 Å². The van der Waals surface area contributed by atoms with Crippen molar-refractivity contribution in [2.75, 3.05) is 5.32 Å². The predicted octanol–water partition coefficient (Wildman–Crippen LogP) is 4.54. The first kappa shape index (κ1) is 17.5. The standard InChI is InChI=1S/C19H16Cl2N2O2/c20-15-9-5-12(11-16(15)21)6-10-18(24)23-17-4-2-1-3-14(17)19(25)22-13-7-8-13/h1-6,9-11,13H,7-8H2,(H,22,25)(H,23,24)/b10-6+. The SMILES string of the molecule is O=C(/C=C/c1ccc(Cl)c(Cl)c1)Nc1ccccc1C(=O)NC1CC1. The summed E-state index contributed by atoms with van der Waals surface area (Å²) in [6.45, 7) is 0. The Labute approximate surface area is 155 Å². The molecule has 0 radical (unpaired) electrons. The molecule has 2 aromatic carbocycles. The van der Waals surface area contributed by atoms with Gasteiger partial charge in [0, 0.05) is 12.1 Å². The smallest absolute Gasteiger partial charge is 0.253 e. The number of amides is 2. The molecule has 0 unspecified atom stereocenters. The number of carbonyl (C=O) groups excluding carboxylic acids is 2. The van der Waals surface area contributed by atoms with Gasteiger partial charge in [0.05, 0.1) is 21.3 Å². The van der Waals surface area contributed by atoms with E-state index in [4.69, 9.17) is 23.2 Å². The third-order valence-electron chi connectivity index (χ3n) is 3.71. The minimum atomic E-state index is -0.335. The molecule has 1 aliphatic rings. The summed E-state index contributed by atoms with van der Waals surface area (Å²) >= 11 is 11.8. The molecule has 0 bridgehead atoms. The Morgan fingerprint density at radius 3 is 2.52 bits per heavy atom. The van der Waals surface area contributed by atoms with Crippen LogP contribution in [0.3, 0.4) is 0 Å². The van der Waals surface area contributed by atoms with Crippen LogP contribution >= 0.6 is 23.2 Å². The van der Waals surface area contributed by atoms with Gasteiger partial charge < -0.3 is 10.6 Å². The molecule has 0 atom stereocenters. The van der Waals surface area contributed by atoms with Gasteiger partial charge in [-0.2, -0.15) is 0 Å². The zero-order chi connectivity index (χ0) is 17.8. The van der Waals surface area contributed by atoms with Crippen LogP contribution in [0.2, 0.25) is 10.0 Å². The Bertz CT molecular complexity index is 845. The molecular weight excluding hydrogens is 359 g/mol. The first-order chi connectivity index (χ1) is 12.0. The van der Waals surface area contributed by atoms with Crippen LogP contribution in [-0.2, 0) is 4.79 Å². The fourth-order valence-corrected chi connectivity index (χ4v) is 2.55. The van der Waals surface area contributed by atoms with Gasteiger partial charge in [-0.3, -0.25) is 9.59 Å². The molecule has 6 heteroatoms. The molecule has 0 aromatic heterocycles.